The summed E-state index contributed by atoms with van der Waals surface area (Å²) in [5.74, 6) is 0.134. The van der Waals surface area contributed by atoms with E-state index in [1.165, 1.54) is 11.3 Å². The van der Waals surface area contributed by atoms with E-state index < -0.39 is 0 Å². The largest absolute Gasteiger partial charge is 0.393 e. The first-order valence-corrected chi connectivity index (χ1v) is 9.34. The van der Waals surface area contributed by atoms with Gasteiger partial charge in [0.1, 0.15) is 10.7 Å². The summed E-state index contributed by atoms with van der Waals surface area (Å²) in [5, 5.41) is 14.8. The molecule has 2 aromatic rings. The molecule has 0 saturated heterocycles. The van der Waals surface area contributed by atoms with Gasteiger partial charge >= 0.3 is 0 Å². The molecule has 0 spiro atoms. The molecule has 1 N–H and O–H groups in total. The van der Waals surface area contributed by atoms with Crippen molar-refractivity contribution in [3.8, 4) is 9.88 Å². The Morgan fingerprint density at radius 1 is 1.41 bits per heavy atom. The predicted octanol–water partition coefficient (Wildman–Crippen LogP) is 3.49. The van der Waals surface area contributed by atoms with Crippen LogP contribution in [0.2, 0.25) is 0 Å². The number of thiophene rings is 1. The quantitative estimate of drug-likeness (QED) is 0.930. The minimum absolute atomic E-state index is 0.0585. The number of carbonyl (C=O) groups is 1. The zero-order valence-electron chi connectivity index (χ0n) is 12.6. The highest BCUT2D eigenvalue weighted by atomic mass is 32.1. The number of aliphatic hydroxyl groups is 1. The van der Waals surface area contributed by atoms with Crippen molar-refractivity contribution in [3.63, 3.8) is 0 Å². The molecule has 0 aliphatic heterocycles. The number of amides is 1. The van der Waals surface area contributed by atoms with Gasteiger partial charge in [-0.25, -0.2) is 4.98 Å². The van der Waals surface area contributed by atoms with Gasteiger partial charge in [-0.2, -0.15) is 0 Å². The van der Waals surface area contributed by atoms with Crippen LogP contribution < -0.4 is 0 Å². The predicted molar refractivity (Wildman–Crippen MR) is 90.4 cm³/mol. The fraction of sp³-hybridized carbons (Fsp3) is 0.500. The van der Waals surface area contributed by atoms with Crippen LogP contribution in [-0.2, 0) is 0 Å². The number of nitrogens with zero attached hydrogens (tertiary/aromatic N) is 2. The van der Waals surface area contributed by atoms with E-state index in [2.05, 4.69) is 4.98 Å². The molecule has 0 bridgehead atoms. The second-order valence-corrected chi connectivity index (χ2v) is 7.62. The molecule has 2 atom stereocenters. The van der Waals surface area contributed by atoms with E-state index in [4.69, 9.17) is 0 Å². The van der Waals surface area contributed by atoms with Crippen molar-refractivity contribution in [2.45, 2.75) is 31.8 Å². The van der Waals surface area contributed by atoms with Crippen LogP contribution in [-0.4, -0.2) is 40.6 Å². The molecular formula is C16H20N2O2S2. The Hall–Kier alpha value is -1.24. The van der Waals surface area contributed by atoms with Crippen LogP contribution in [0.3, 0.4) is 0 Å². The Kier molecular flexibility index (Phi) is 4.90. The van der Waals surface area contributed by atoms with Crippen LogP contribution in [0.1, 0.15) is 36.2 Å². The standard InChI is InChI=1S/C16H20N2O2S2/c1-18(9-11-5-2-3-6-13(11)19)16(20)12-10-22-15(17-12)14-7-4-8-21-14/h4,7-8,10-11,13,19H,2-3,5-6,9H2,1H3. The summed E-state index contributed by atoms with van der Waals surface area (Å²) in [4.78, 5) is 19.8. The SMILES string of the molecule is CN(CC1CCCCC1O)C(=O)c1csc(-c2cccs2)n1. The fourth-order valence-electron chi connectivity index (χ4n) is 2.92. The topological polar surface area (TPSA) is 53.4 Å². The second-order valence-electron chi connectivity index (χ2n) is 5.81. The Morgan fingerprint density at radius 2 is 2.23 bits per heavy atom. The summed E-state index contributed by atoms with van der Waals surface area (Å²) in [7, 11) is 1.80. The number of carbonyl (C=O) groups excluding carboxylic acids is 1. The number of aliphatic hydroxyl groups excluding tert-OH is 1. The number of aromatic nitrogens is 1. The fourth-order valence-corrected chi connectivity index (χ4v) is 4.52. The molecule has 1 amide bonds. The molecule has 1 fully saturated rings. The maximum atomic E-state index is 12.5. The first-order valence-electron chi connectivity index (χ1n) is 7.58. The van der Waals surface area contributed by atoms with Crippen LogP contribution in [0.15, 0.2) is 22.9 Å². The highest BCUT2D eigenvalue weighted by molar-refractivity contribution is 7.20. The van der Waals surface area contributed by atoms with Gasteiger partial charge in [-0.3, -0.25) is 4.79 Å². The van der Waals surface area contributed by atoms with E-state index in [-0.39, 0.29) is 17.9 Å². The summed E-state index contributed by atoms with van der Waals surface area (Å²) in [6.07, 6.45) is 3.80. The zero-order chi connectivity index (χ0) is 15.5. The molecule has 1 aliphatic rings. The lowest BCUT2D eigenvalue weighted by Crippen LogP contribution is -2.38. The minimum atomic E-state index is -0.277. The Balaban J connectivity index is 1.65. The lowest BCUT2D eigenvalue weighted by molar-refractivity contribution is 0.0449. The van der Waals surface area contributed by atoms with Crippen LogP contribution >= 0.6 is 22.7 Å². The normalized spacial score (nSPS) is 21.7. The lowest BCUT2D eigenvalue weighted by Gasteiger charge is -2.30. The molecule has 118 valence electrons. The van der Waals surface area contributed by atoms with E-state index in [1.807, 2.05) is 22.9 Å². The third-order valence-corrected chi connectivity index (χ3v) is 6.06. The van der Waals surface area contributed by atoms with Crippen LogP contribution in [0.4, 0.5) is 0 Å². The number of hydrogen-bond acceptors (Lipinski definition) is 5. The molecule has 22 heavy (non-hydrogen) atoms. The average molecular weight is 336 g/mol. The van der Waals surface area contributed by atoms with Crippen molar-refractivity contribution < 1.29 is 9.90 Å². The number of rotatable bonds is 4. The van der Waals surface area contributed by atoms with Gasteiger partial charge in [-0.15, -0.1) is 22.7 Å². The summed E-state index contributed by atoms with van der Waals surface area (Å²) in [6, 6.07) is 4.00. The number of thiazole rings is 1. The Labute approximate surface area is 138 Å². The van der Waals surface area contributed by atoms with Crippen molar-refractivity contribution in [2.24, 2.45) is 5.92 Å². The number of hydrogen-bond donors (Lipinski definition) is 1. The van der Waals surface area contributed by atoms with Crippen molar-refractivity contribution in [2.75, 3.05) is 13.6 Å². The van der Waals surface area contributed by atoms with Gasteiger partial charge in [-0.1, -0.05) is 18.9 Å². The van der Waals surface area contributed by atoms with E-state index >= 15 is 0 Å². The molecule has 6 heteroatoms. The van der Waals surface area contributed by atoms with Crippen molar-refractivity contribution in [1.82, 2.24) is 9.88 Å². The smallest absolute Gasteiger partial charge is 0.273 e. The van der Waals surface area contributed by atoms with E-state index in [0.717, 1.165) is 35.6 Å². The molecule has 2 heterocycles. The van der Waals surface area contributed by atoms with Gasteiger partial charge in [0.25, 0.3) is 5.91 Å². The highest BCUT2D eigenvalue weighted by Crippen LogP contribution is 2.29. The Bertz CT molecular complexity index is 624. The first kappa shape index (κ1) is 15.6. The lowest BCUT2D eigenvalue weighted by atomic mass is 9.86. The molecule has 0 radical (unpaired) electrons. The van der Waals surface area contributed by atoms with Gasteiger partial charge in [0, 0.05) is 24.9 Å². The monoisotopic (exact) mass is 336 g/mol. The van der Waals surface area contributed by atoms with Crippen molar-refractivity contribution >= 4 is 28.6 Å². The van der Waals surface area contributed by atoms with Crippen LogP contribution in [0.25, 0.3) is 9.88 Å². The molecule has 2 unspecified atom stereocenters. The van der Waals surface area contributed by atoms with Crippen molar-refractivity contribution in [1.29, 1.82) is 0 Å². The van der Waals surface area contributed by atoms with Crippen LogP contribution in [0, 0.1) is 5.92 Å². The third-order valence-electron chi connectivity index (χ3n) is 4.18. The first-order chi connectivity index (χ1) is 10.6. The summed E-state index contributed by atoms with van der Waals surface area (Å²) in [6.45, 7) is 0.603. The van der Waals surface area contributed by atoms with Gasteiger partial charge in [0.2, 0.25) is 0 Å². The highest BCUT2D eigenvalue weighted by Gasteiger charge is 2.26. The van der Waals surface area contributed by atoms with Gasteiger partial charge in [-0.05, 0) is 24.3 Å². The van der Waals surface area contributed by atoms with E-state index in [0.29, 0.717) is 12.2 Å². The van der Waals surface area contributed by atoms with E-state index in [9.17, 15) is 9.90 Å². The van der Waals surface area contributed by atoms with Crippen molar-refractivity contribution in [3.05, 3.63) is 28.6 Å². The Morgan fingerprint density at radius 3 is 2.95 bits per heavy atom. The van der Waals surface area contributed by atoms with Gasteiger partial charge < -0.3 is 10.0 Å². The summed E-state index contributed by atoms with van der Waals surface area (Å²) >= 11 is 3.13. The second kappa shape index (κ2) is 6.89. The van der Waals surface area contributed by atoms with Gasteiger partial charge in [0.15, 0.2) is 0 Å². The summed E-state index contributed by atoms with van der Waals surface area (Å²) < 4.78 is 0. The minimum Gasteiger partial charge on any atom is -0.393 e. The molecular weight excluding hydrogens is 316 g/mol. The maximum absolute atomic E-state index is 12.5. The van der Waals surface area contributed by atoms with E-state index in [1.54, 1.807) is 23.3 Å². The molecule has 4 nitrogen and oxygen atoms in total. The average Bonchev–Trinajstić information content (AvgIpc) is 3.19. The zero-order valence-corrected chi connectivity index (χ0v) is 14.2. The molecule has 3 rings (SSSR count). The third kappa shape index (κ3) is 3.39. The van der Waals surface area contributed by atoms with Crippen LogP contribution in [0.5, 0.6) is 0 Å². The molecule has 0 aromatic carbocycles. The molecule has 2 aromatic heterocycles. The molecule has 1 aliphatic carbocycles. The maximum Gasteiger partial charge on any atom is 0.273 e. The molecule has 1 saturated carbocycles. The van der Waals surface area contributed by atoms with Gasteiger partial charge in [0.05, 0.1) is 11.0 Å². The summed E-state index contributed by atoms with van der Waals surface area (Å²) in [5.41, 5.74) is 0.501.